The third kappa shape index (κ3) is 4.15. The highest BCUT2D eigenvalue weighted by Crippen LogP contribution is 2.19. The maximum atomic E-state index is 12.2. The predicted octanol–water partition coefficient (Wildman–Crippen LogP) is 0.941. The molecule has 112 valence electrons. The molecule has 0 aromatic carbocycles. The standard InChI is InChI=1S/C13H27N3O2S/c1-11-5-8-16(9-6-11)19(17,18)15-10-13-12(2)4-3-7-14-13/h11-15H,3-10H2,1-2H3. The van der Waals surface area contributed by atoms with Crippen molar-refractivity contribution in [2.75, 3.05) is 26.2 Å². The molecule has 2 rings (SSSR count). The first-order valence-electron chi connectivity index (χ1n) is 7.47. The molecule has 2 aliphatic heterocycles. The van der Waals surface area contributed by atoms with Crippen LogP contribution in [-0.4, -0.2) is 44.9 Å². The van der Waals surface area contributed by atoms with Crippen LogP contribution in [0.2, 0.25) is 0 Å². The summed E-state index contributed by atoms with van der Waals surface area (Å²) in [5.74, 6) is 1.18. The molecule has 2 unspecified atom stereocenters. The van der Waals surface area contributed by atoms with E-state index in [0.29, 0.717) is 31.5 Å². The van der Waals surface area contributed by atoms with Gasteiger partial charge in [0.15, 0.2) is 0 Å². The van der Waals surface area contributed by atoms with Crippen LogP contribution >= 0.6 is 0 Å². The van der Waals surface area contributed by atoms with Gasteiger partial charge in [0.05, 0.1) is 0 Å². The van der Waals surface area contributed by atoms with Gasteiger partial charge >= 0.3 is 0 Å². The van der Waals surface area contributed by atoms with Crippen LogP contribution in [0.25, 0.3) is 0 Å². The lowest BCUT2D eigenvalue weighted by atomic mass is 9.93. The Morgan fingerprint density at radius 3 is 2.53 bits per heavy atom. The smallest absolute Gasteiger partial charge is 0.279 e. The fourth-order valence-electron chi connectivity index (χ4n) is 2.90. The molecule has 6 heteroatoms. The molecule has 5 nitrogen and oxygen atoms in total. The van der Waals surface area contributed by atoms with E-state index in [0.717, 1.165) is 19.4 Å². The molecule has 2 fully saturated rings. The first kappa shape index (κ1) is 15.2. The minimum absolute atomic E-state index is 0.271. The molecule has 2 N–H and O–H groups in total. The number of nitrogens with one attached hydrogen (secondary N) is 2. The molecule has 19 heavy (non-hydrogen) atoms. The number of piperidine rings is 2. The summed E-state index contributed by atoms with van der Waals surface area (Å²) in [6.07, 6.45) is 4.31. The molecule has 2 heterocycles. The lowest BCUT2D eigenvalue weighted by Crippen LogP contribution is -2.51. The van der Waals surface area contributed by atoms with Crippen molar-refractivity contribution in [2.24, 2.45) is 11.8 Å². The normalized spacial score (nSPS) is 31.5. The molecule has 2 aliphatic rings. The van der Waals surface area contributed by atoms with E-state index in [1.165, 1.54) is 12.8 Å². The summed E-state index contributed by atoms with van der Waals surface area (Å²) < 4.78 is 28.8. The monoisotopic (exact) mass is 289 g/mol. The minimum atomic E-state index is -3.29. The molecular formula is C13H27N3O2S. The first-order valence-corrected chi connectivity index (χ1v) is 8.91. The Labute approximate surface area is 117 Å². The van der Waals surface area contributed by atoms with Crippen molar-refractivity contribution < 1.29 is 8.42 Å². The van der Waals surface area contributed by atoms with E-state index in [-0.39, 0.29) is 6.04 Å². The van der Waals surface area contributed by atoms with Crippen LogP contribution in [0.5, 0.6) is 0 Å². The second kappa shape index (κ2) is 6.52. The molecule has 0 aromatic heterocycles. The van der Waals surface area contributed by atoms with Gasteiger partial charge in [-0.1, -0.05) is 13.8 Å². The van der Waals surface area contributed by atoms with Crippen LogP contribution in [-0.2, 0) is 10.2 Å². The Bertz CT molecular complexity index is 377. The fourth-order valence-corrected chi connectivity index (χ4v) is 4.16. The van der Waals surface area contributed by atoms with Crippen LogP contribution in [0.4, 0.5) is 0 Å². The lowest BCUT2D eigenvalue weighted by Gasteiger charge is -2.33. The molecular weight excluding hydrogens is 262 g/mol. The lowest BCUT2D eigenvalue weighted by molar-refractivity contribution is 0.276. The van der Waals surface area contributed by atoms with Gasteiger partial charge in [0, 0.05) is 25.7 Å². The van der Waals surface area contributed by atoms with Crippen LogP contribution in [0.1, 0.15) is 39.5 Å². The van der Waals surface area contributed by atoms with Crippen molar-refractivity contribution in [3.8, 4) is 0 Å². The Balaban J connectivity index is 1.83. The summed E-state index contributed by atoms with van der Waals surface area (Å²) in [6.45, 7) is 7.19. The maximum absolute atomic E-state index is 12.2. The predicted molar refractivity (Wildman–Crippen MR) is 77.1 cm³/mol. The van der Waals surface area contributed by atoms with Crippen molar-refractivity contribution in [1.29, 1.82) is 0 Å². The van der Waals surface area contributed by atoms with Gasteiger partial charge in [0.2, 0.25) is 0 Å². The van der Waals surface area contributed by atoms with Gasteiger partial charge in [-0.3, -0.25) is 0 Å². The molecule has 0 saturated carbocycles. The van der Waals surface area contributed by atoms with E-state index >= 15 is 0 Å². The van der Waals surface area contributed by atoms with E-state index in [2.05, 4.69) is 23.9 Å². The summed E-state index contributed by atoms with van der Waals surface area (Å²) in [5, 5.41) is 3.41. The van der Waals surface area contributed by atoms with Gasteiger partial charge in [0.25, 0.3) is 10.2 Å². The first-order chi connectivity index (χ1) is 8.99. The number of hydrogen-bond donors (Lipinski definition) is 2. The maximum Gasteiger partial charge on any atom is 0.279 e. The van der Waals surface area contributed by atoms with Crippen LogP contribution in [0, 0.1) is 11.8 Å². The summed E-state index contributed by atoms with van der Waals surface area (Å²) in [4.78, 5) is 0. The van der Waals surface area contributed by atoms with Gasteiger partial charge in [0.1, 0.15) is 0 Å². The number of hydrogen-bond acceptors (Lipinski definition) is 3. The van der Waals surface area contributed by atoms with Crippen molar-refractivity contribution in [3.05, 3.63) is 0 Å². The molecule has 0 aromatic rings. The quantitative estimate of drug-likeness (QED) is 0.810. The molecule has 0 spiro atoms. The third-order valence-electron chi connectivity index (χ3n) is 4.50. The highest BCUT2D eigenvalue weighted by atomic mass is 32.2. The van der Waals surface area contributed by atoms with Crippen molar-refractivity contribution in [1.82, 2.24) is 14.3 Å². The van der Waals surface area contributed by atoms with E-state index in [4.69, 9.17) is 0 Å². The van der Waals surface area contributed by atoms with Gasteiger partial charge in [-0.15, -0.1) is 0 Å². The molecule has 0 aliphatic carbocycles. The van der Waals surface area contributed by atoms with Crippen LogP contribution in [0.15, 0.2) is 0 Å². The molecule has 0 radical (unpaired) electrons. The Kier molecular flexibility index (Phi) is 5.22. The third-order valence-corrected chi connectivity index (χ3v) is 6.07. The average molecular weight is 289 g/mol. The summed E-state index contributed by atoms with van der Waals surface area (Å²) in [7, 11) is -3.29. The average Bonchev–Trinajstić information content (AvgIpc) is 2.38. The van der Waals surface area contributed by atoms with Gasteiger partial charge < -0.3 is 5.32 Å². The molecule has 2 saturated heterocycles. The van der Waals surface area contributed by atoms with Gasteiger partial charge in [-0.05, 0) is 44.1 Å². The van der Waals surface area contributed by atoms with Gasteiger partial charge in [-0.2, -0.15) is 12.7 Å². The summed E-state index contributed by atoms with van der Waals surface area (Å²) in [5.41, 5.74) is 0. The number of rotatable bonds is 4. The van der Waals surface area contributed by atoms with Crippen LogP contribution in [0.3, 0.4) is 0 Å². The highest BCUT2D eigenvalue weighted by molar-refractivity contribution is 7.87. The minimum Gasteiger partial charge on any atom is -0.312 e. The van der Waals surface area contributed by atoms with Crippen molar-refractivity contribution in [2.45, 2.75) is 45.6 Å². The largest absolute Gasteiger partial charge is 0.312 e. The topological polar surface area (TPSA) is 61.4 Å². The molecule has 2 atom stereocenters. The molecule has 0 amide bonds. The Morgan fingerprint density at radius 1 is 1.21 bits per heavy atom. The summed E-state index contributed by atoms with van der Waals surface area (Å²) in [6, 6.07) is 0.271. The zero-order valence-electron chi connectivity index (χ0n) is 12.1. The fraction of sp³-hybridized carbons (Fsp3) is 1.00. The van der Waals surface area contributed by atoms with Crippen LogP contribution < -0.4 is 10.0 Å². The molecule has 0 bridgehead atoms. The summed E-state index contributed by atoms with van der Waals surface area (Å²) >= 11 is 0. The van der Waals surface area contributed by atoms with Crippen molar-refractivity contribution >= 4 is 10.2 Å². The van der Waals surface area contributed by atoms with Crippen molar-refractivity contribution in [3.63, 3.8) is 0 Å². The van der Waals surface area contributed by atoms with E-state index < -0.39 is 10.2 Å². The second-order valence-electron chi connectivity index (χ2n) is 6.12. The Morgan fingerprint density at radius 2 is 1.89 bits per heavy atom. The van der Waals surface area contributed by atoms with Gasteiger partial charge in [-0.25, -0.2) is 4.72 Å². The SMILES string of the molecule is CC1CCN(S(=O)(=O)NCC2NCCCC2C)CC1. The van der Waals surface area contributed by atoms with E-state index in [1.54, 1.807) is 4.31 Å². The highest BCUT2D eigenvalue weighted by Gasteiger charge is 2.28. The second-order valence-corrected chi connectivity index (χ2v) is 7.87. The number of nitrogens with zero attached hydrogens (tertiary/aromatic N) is 1. The zero-order valence-corrected chi connectivity index (χ0v) is 12.9. The van der Waals surface area contributed by atoms with E-state index in [1.807, 2.05) is 0 Å². The van der Waals surface area contributed by atoms with E-state index in [9.17, 15) is 8.42 Å². The zero-order chi connectivity index (χ0) is 13.9. The Hall–Kier alpha value is -0.170.